The Hall–Kier alpha value is -6.36. The number of allylic oxidation sites excluding steroid dienone is 34. The first kappa shape index (κ1) is 104. The molecule has 0 aromatic rings. The number of unbranched alkanes of at least 4 members (excludes halogenated alkanes) is 15. The second-order valence-electron chi connectivity index (χ2n) is 26.6. The summed E-state index contributed by atoms with van der Waals surface area (Å²) in [5, 5.41) is 10.7. The lowest BCUT2D eigenvalue weighted by Gasteiger charge is -2.21. The van der Waals surface area contributed by atoms with Gasteiger partial charge in [-0.1, -0.05) is 292 Å². The van der Waals surface area contributed by atoms with Crippen molar-refractivity contribution in [1.29, 1.82) is 0 Å². The Labute approximate surface area is 665 Å². The minimum Gasteiger partial charge on any atom is -0.462 e. The predicted molar refractivity (Wildman–Crippen MR) is 454 cm³/mol. The SMILES string of the molecule is CC/C=C\C/C=C\C/C=C\C/C=C\C/C=C\C/C=C\CCC(=O)OCC(COP(=O)(O)OCC(O)COP(=O)(O)OCC(COC(=O)CCC/C=C\C/C=C\C/C=C\C/C=C\C/C=C\CC)OC(=O)CCCCCCC/C=C\C/C=C\C/C=C\CC)OC(=O)CCCCCCCC/C=C\C/C=C\C/C=C\CCCCC. The molecule has 3 N–H and O–H groups in total. The summed E-state index contributed by atoms with van der Waals surface area (Å²) in [6, 6.07) is 0. The third kappa shape index (κ3) is 79.7. The molecule has 0 spiro atoms. The van der Waals surface area contributed by atoms with Gasteiger partial charge < -0.3 is 33.8 Å². The van der Waals surface area contributed by atoms with Crippen LogP contribution in [0.15, 0.2) is 207 Å². The summed E-state index contributed by atoms with van der Waals surface area (Å²) in [5.41, 5.74) is 0. The van der Waals surface area contributed by atoms with Crippen molar-refractivity contribution in [2.45, 2.75) is 303 Å². The maximum atomic E-state index is 13.1. The first-order valence-electron chi connectivity index (χ1n) is 41.3. The Morgan fingerprint density at radius 1 is 0.264 bits per heavy atom. The van der Waals surface area contributed by atoms with Crippen LogP contribution in [-0.2, 0) is 65.4 Å². The summed E-state index contributed by atoms with van der Waals surface area (Å²) >= 11 is 0. The van der Waals surface area contributed by atoms with Crippen molar-refractivity contribution in [1.82, 2.24) is 0 Å². The Bertz CT molecular complexity index is 2900. The molecule has 0 aromatic heterocycles. The highest BCUT2D eigenvalue weighted by molar-refractivity contribution is 7.47. The number of phosphoric acid groups is 2. The summed E-state index contributed by atoms with van der Waals surface area (Å²) < 4.78 is 68.6. The van der Waals surface area contributed by atoms with Gasteiger partial charge in [0.1, 0.15) is 19.3 Å². The summed E-state index contributed by atoms with van der Waals surface area (Å²) in [5.74, 6) is -2.40. The number of carbonyl (C=O) groups excluding carboxylic acids is 4. The summed E-state index contributed by atoms with van der Waals surface area (Å²) in [6.07, 6.45) is 101. The van der Waals surface area contributed by atoms with Gasteiger partial charge in [0.2, 0.25) is 0 Å². The molecule has 0 aliphatic rings. The van der Waals surface area contributed by atoms with E-state index in [4.69, 9.17) is 37.0 Å². The zero-order valence-electron chi connectivity index (χ0n) is 67.8. The van der Waals surface area contributed by atoms with Crippen LogP contribution in [0.2, 0.25) is 0 Å². The van der Waals surface area contributed by atoms with Gasteiger partial charge in [0.05, 0.1) is 26.4 Å². The van der Waals surface area contributed by atoms with Gasteiger partial charge in [0, 0.05) is 25.7 Å². The fourth-order valence-electron chi connectivity index (χ4n) is 10.1. The molecule has 0 bridgehead atoms. The number of rotatable bonds is 75. The van der Waals surface area contributed by atoms with E-state index in [9.17, 15) is 43.2 Å². The summed E-state index contributed by atoms with van der Waals surface area (Å²) in [4.78, 5) is 73.1. The van der Waals surface area contributed by atoms with Gasteiger partial charge in [-0.05, 0) is 173 Å². The molecule has 5 atom stereocenters. The lowest BCUT2D eigenvalue weighted by molar-refractivity contribution is -0.161. The lowest BCUT2D eigenvalue weighted by Crippen LogP contribution is -2.30. The highest BCUT2D eigenvalue weighted by Crippen LogP contribution is 2.45. The quantitative estimate of drug-likeness (QED) is 0.0169. The van der Waals surface area contributed by atoms with Crippen LogP contribution < -0.4 is 0 Å². The van der Waals surface area contributed by atoms with Crippen molar-refractivity contribution in [2.75, 3.05) is 39.6 Å². The molecule has 0 aromatic carbocycles. The number of hydrogen-bond acceptors (Lipinski definition) is 15. The number of aliphatic hydroxyl groups excluding tert-OH is 1. The van der Waals surface area contributed by atoms with Crippen molar-refractivity contribution in [3.63, 3.8) is 0 Å². The topological polar surface area (TPSA) is 237 Å². The van der Waals surface area contributed by atoms with Crippen LogP contribution in [0.25, 0.3) is 0 Å². The predicted octanol–water partition coefficient (Wildman–Crippen LogP) is 24.7. The second-order valence-corrected chi connectivity index (χ2v) is 29.5. The number of hydrogen-bond donors (Lipinski definition) is 3. The van der Waals surface area contributed by atoms with E-state index in [1.54, 1.807) is 0 Å². The van der Waals surface area contributed by atoms with Gasteiger partial charge in [0.25, 0.3) is 0 Å². The smallest absolute Gasteiger partial charge is 0.462 e. The summed E-state index contributed by atoms with van der Waals surface area (Å²) in [6.45, 7) is 4.30. The molecule has 5 unspecified atom stereocenters. The summed E-state index contributed by atoms with van der Waals surface area (Å²) in [7, 11) is -10.0. The number of esters is 4. The highest BCUT2D eigenvalue weighted by Gasteiger charge is 2.30. The van der Waals surface area contributed by atoms with E-state index in [0.717, 1.165) is 173 Å². The minimum absolute atomic E-state index is 0.0235. The third-order valence-electron chi connectivity index (χ3n) is 16.2. The lowest BCUT2D eigenvalue weighted by atomic mass is 10.1. The Balaban J connectivity index is 5.54. The molecule has 19 heteroatoms. The van der Waals surface area contributed by atoms with Gasteiger partial charge >= 0.3 is 39.5 Å². The molecule has 0 heterocycles. The van der Waals surface area contributed by atoms with Crippen LogP contribution >= 0.6 is 15.6 Å². The molecular weight excluding hydrogens is 1430 g/mol. The van der Waals surface area contributed by atoms with E-state index in [2.05, 4.69) is 204 Å². The van der Waals surface area contributed by atoms with Crippen molar-refractivity contribution in [3.05, 3.63) is 207 Å². The van der Waals surface area contributed by atoms with E-state index in [0.29, 0.717) is 38.5 Å². The average Bonchev–Trinajstić information content (AvgIpc) is 0.900. The highest BCUT2D eigenvalue weighted by atomic mass is 31.2. The zero-order chi connectivity index (χ0) is 80.3. The number of ether oxygens (including phenoxy) is 4. The first-order chi connectivity index (χ1) is 53.7. The van der Waals surface area contributed by atoms with Crippen LogP contribution in [0.5, 0.6) is 0 Å². The molecule has 110 heavy (non-hydrogen) atoms. The van der Waals surface area contributed by atoms with E-state index in [1.165, 1.54) is 19.3 Å². The monoisotopic (exact) mass is 1570 g/mol. The largest absolute Gasteiger partial charge is 0.472 e. The number of carbonyl (C=O) groups is 4. The second kappa shape index (κ2) is 80.7. The molecule has 0 saturated heterocycles. The Morgan fingerprint density at radius 2 is 0.500 bits per heavy atom. The van der Waals surface area contributed by atoms with E-state index >= 15 is 0 Å². The normalized spacial score (nSPS) is 14.9. The van der Waals surface area contributed by atoms with Crippen molar-refractivity contribution in [2.24, 2.45) is 0 Å². The zero-order valence-corrected chi connectivity index (χ0v) is 69.6. The minimum atomic E-state index is -5.02. The maximum absolute atomic E-state index is 13.1. The van der Waals surface area contributed by atoms with Crippen LogP contribution in [0.4, 0.5) is 0 Å². The third-order valence-corrected chi connectivity index (χ3v) is 18.1. The first-order valence-corrected chi connectivity index (χ1v) is 44.3. The van der Waals surface area contributed by atoms with Crippen molar-refractivity contribution in [3.8, 4) is 0 Å². The maximum Gasteiger partial charge on any atom is 0.472 e. The molecule has 0 fully saturated rings. The molecule has 0 radical (unpaired) electrons. The fraction of sp³-hybridized carbons (Fsp3) is 0.582. The van der Waals surface area contributed by atoms with Crippen LogP contribution in [0.3, 0.4) is 0 Å². The molecule has 620 valence electrons. The molecule has 0 aliphatic carbocycles. The molecular formula is C91H144O17P2. The fourth-order valence-corrected chi connectivity index (χ4v) is 11.6. The van der Waals surface area contributed by atoms with Gasteiger partial charge in [-0.2, -0.15) is 0 Å². The van der Waals surface area contributed by atoms with Gasteiger partial charge in [0.15, 0.2) is 12.2 Å². The standard InChI is InChI=1S/C91H144O17P2/c1-5-9-13-17-21-25-29-33-37-40-42-45-49-52-56-60-64-68-72-76-89(94)102-82-87(108-91(96)78-74-70-66-62-58-54-50-46-43-41-38-34-30-26-22-18-14-10-6-2)84-106-110(99,100)104-80-85(92)79-103-109(97,98)105-83-86(107-90(95)77-73-69-65-61-57-53-47-36-32-28-24-20-16-12-8-4)81-101-88(93)75-71-67-63-59-55-51-48-44-39-35-31-27-23-19-15-11-7-3/h9,11-13,15-16,21-28,33-39,42-43,45-48,51-52,56,59,63-64,68,85-87,92H,5-8,10,14,17-20,29-32,40-41,44,49-50,53-55,57-58,60-62,65-67,69-84H2,1-4H3,(H,97,98)(H,99,100)/b13-9-,15-11-,16-12-,25-21-,26-22-,27-23-,28-24-,37-33-,38-34-,39-35-,45-42-,46-43-,47-36-,51-48-,56-52-,63-59-,68-64-. The average molecular weight is 1570 g/mol. The van der Waals surface area contributed by atoms with Crippen LogP contribution in [0, 0.1) is 0 Å². The number of phosphoric ester groups is 2. The van der Waals surface area contributed by atoms with Gasteiger partial charge in [-0.15, -0.1) is 0 Å². The van der Waals surface area contributed by atoms with Crippen molar-refractivity contribution >= 4 is 39.5 Å². The van der Waals surface area contributed by atoms with E-state index < -0.39 is 97.5 Å². The van der Waals surface area contributed by atoms with Crippen LogP contribution in [0.1, 0.15) is 285 Å². The van der Waals surface area contributed by atoms with E-state index in [-0.39, 0.29) is 25.7 Å². The molecule has 0 saturated carbocycles. The number of aliphatic hydroxyl groups is 1. The Morgan fingerprint density at radius 3 is 0.809 bits per heavy atom. The molecule has 0 amide bonds. The molecule has 17 nitrogen and oxygen atoms in total. The molecule has 0 aliphatic heterocycles. The van der Waals surface area contributed by atoms with Crippen molar-refractivity contribution < 1.29 is 80.2 Å². The molecule has 0 rings (SSSR count). The van der Waals surface area contributed by atoms with E-state index in [1.807, 2.05) is 30.4 Å². The Kier molecular flexibility index (Phi) is 76.0. The van der Waals surface area contributed by atoms with Gasteiger partial charge in [-0.25, -0.2) is 9.13 Å². The van der Waals surface area contributed by atoms with Crippen LogP contribution in [-0.4, -0.2) is 96.7 Å². The van der Waals surface area contributed by atoms with Gasteiger partial charge in [-0.3, -0.25) is 37.3 Å².